The van der Waals surface area contributed by atoms with Crippen LogP contribution in [0.25, 0.3) is 0 Å². The molecule has 1 saturated carbocycles. The summed E-state index contributed by atoms with van der Waals surface area (Å²) < 4.78 is 82.0. The number of halogens is 4. The highest BCUT2D eigenvalue weighted by molar-refractivity contribution is 7.92. The molecule has 1 aliphatic rings. The third kappa shape index (κ3) is 6.62. The summed E-state index contributed by atoms with van der Waals surface area (Å²) in [5.41, 5.74) is -1.66. The SMILES string of the molecule is N#CC1(NC(=O)C(CS(=O)(=O)Nc2ccccn2)N[C@H](c2ccc(F)cc2)C(F)(F)F)CC1. The number of hydrogen-bond acceptors (Lipinski definition) is 6. The van der Waals surface area contributed by atoms with Gasteiger partial charge >= 0.3 is 6.18 Å². The second-order valence-electron chi connectivity index (χ2n) is 7.53. The molecule has 2 aromatic rings. The summed E-state index contributed by atoms with van der Waals surface area (Å²) >= 11 is 0. The zero-order valence-electron chi connectivity index (χ0n) is 16.9. The van der Waals surface area contributed by atoms with E-state index in [1.165, 1.54) is 24.4 Å². The Bertz CT molecular complexity index is 1130. The largest absolute Gasteiger partial charge is 0.407 e. The van der Waals surface area contributed by atoms with Gasteiger partial charge in [-0.15, -0.1) is 0 Å². The van der Waals surface area contributed by atoms with Crippen LogP contribution in [-0.2, 0) is 14.8 Å². The van der Waals surface area contributed by atoms with E-state index in [9.17, 15) is 36.0 Å². The van der Waals surface area contributed by atoms with E-state index < -0.39 is 56.9 Å². The first-order valence-corrected chi connectivity index (χ1v) is 11.3. The Kier molecular flexibility index (Phi) is 6.89. The van der Waals surface area contributed by atoms with Crippen LogP contribution >= 0.6 is 0 Å². The van der Waals surface area contributed by atoms with Gasteiger partial charge in [0.1, 0.15) is 29.3 Å². The Hall–Kier alpha value is -3.24. The highest BCUT2D eigenvalue weighted by Crippen LogP contribution is 2.35. The second-order valence-corrected chi connectivity index (χ2v) is 9.29. The molecule has 3 N–H and O–H groups in total. The van der Waals surface area contributed by atoms with Gasteiger partial charge in [0.2, 0.25) is 15.9 Å². The maximum Gasteiger partial charge on any atom is 0.407 e. The van der Waals surface area contributed by atoms with Gasteiger partial charge in [0, 0.05) is 6.20 Å². The number of sulfonamides is 1. The van der Waals surface area contributed by atoms with Crippen molar-refractivity contribution in [1.29, 1.82) is 5.26 Å². The highest BCUT2D eigenvalue weighted by atomic mass is 32.2. The van der Waals surface area contributed by atoms with Gasteiger partial charge in [-0.1, -0.05) is 18.2 Å². The number of pyridine rings is 1. The standard InChI is InChI=1S/C20H19F4N5O3S/c21-14-6-4-13(5-7-14)17(20(22,23)24)27-15(18(30)28-19(12-25)8-9-19)11-33(31,32)29-16-3-1-2-10-26-16/h1-7,10,15,17,27H,8-9,11H2,(H,26,29)(H,28,30)/t15?,17-/m1/s1. The third-order valence-electron chi connectivity index (χ3n) is 4.85. The molecular weight excluding hydrogens is 466 g/mol. The lowest BCUT2D eigenvalue weighted by molar-refractivity contribution is -0.160. The summed E-state index contributed by atoms with van der Waals surface area (Å²) in [4.78, 5) is 16.6. The van der Waals surface area contributed by atoms with Gasteiger partial charge in [0.05, 0.1) is 11.8 Å². The maximum absolute atomic E-state index is 13.8. The molecule has 0 saturated heterocycles. The quantitative estimate of drug-likeness (QED) is 0.469. The van der Waals surface area contributed by atoms with E-state index in [2.05, 4.69) is 15.0 Å². The zero-order valence-corrected chi connectivity index (χ0v) is 17.8. The zero-order chi connectivity index (χ0) is 24.3. The van der Waals surface area contributed by atoms with E-state index in [0.717, 1.165) is 24.3 Å². The molecule has 13 heteroatoms. The summed E-state index contributed by atoms with van der Waals surface area (Å²) in [6.07, 6.45) is -3.05. The molecule has 0 bridgehead atoms. The number of aromatic nitrogens is 1. The predicted molar refractivity (Wildman–Crippen MR) is 109 cm³/mol. The Balaban J connectivity index is 1.89. The molecule has 0 spiro atoms. The lowest BCUT2D eigenvalue weighted by atomic mass is 10.0. The smallest absolute Gasteiger partial charge is 0.336 e. The van der Waals surface area contributed by atoms with E-state index in [1.54, 1.807) is 0 Å². The minimum absolute atomic E-state index is 0.0850. The number of benzene rings is 1. The molecule has 1 aromatic heterocycles. The fraction of sp³-hybridized carbons (Fsp3) is 0.350. The fourth-order valence-corrected chi connectivity index (χ4v) is 4.20. The molecule has 8 nitrogen and oxygen atoms in total. The number of nitrogens with one attached hydrogen (secondary N) is 3. The van der Waals surface area contributed by atoms with Crippen molar-refractivity contribution in [3.8, 4) is 6.07 Å². The molecule has 0 radical (unpaired) electrons. The number of carbonyl (C=O) groups is 1. The van der Waals surface area contributed by atoms with Crippen LogP contribution in [0.1, 0.15) is 24.4 Å². The minimum Gasteiger partial charge on any atom is -0.336 e. The lowest BCUT2D eigenvalue weighted by Crippen LogP contribution is -2.54. The van der Waals surface area contributed by atoms with E-state index in [-0.39, 0.29) is 5.82 Å². The molecular formula is C20H19F4N5O3S. The summed E-state index contributed by atoms with van der Waals surface area (Å²) in [6.45, 7) is 0. The van der Waals surface area contributed by atoms with Gasteiger partial charge in [-0.2, -0.15) is 18.4 Å². The van der Waals surface area contributed by atoms with Crippen LogP contribution in [0.5, 0.6) is 0 Å². The number of hydrogen-bond donors (Lipinski definition) is 3. The molecule has 1 heterocycles. The van der Waals surface area contributed by atoms with Crippen molar-refractivity contribution < 1.29 is 30.8 Å². The van der Waals surface area contributed by atoms with Crippen LogP contribution in [0.3, 0.4) is 0 Å². The van der Waals surface area contributed by atoms with Gasteiger partial charge < -0.3 is 5.32 Å². The Morgan fingerprint density at radius 1 is 1.18 bits per heavy atom. The number of rotatable bonds is 9. The van der Waals surface area contributed by atoms with Crippen LogP contribution in [0, 0.1) is 17.1 Å². The Morgan fingerprint density at radius 2 is 1.85 bits per heavy atom. The number of anilines is 1. The van der Waals surface area contributed by atoms with Crippen LogP contribution in [0.4, 0.5) is 23.4 Å². The van der Waals surface area contributed by atoms with Crippen LogP contribution in [-0.4, -0.2) is 42.8 Å². The Labute approximate surface area is 187 Å². The van der Waals surface area contributed by atoms with Gasteiger partial charge in [0.25, 0.3) is 0 Å². The summed E-state index contributed by atoms with van der Waals surface area (Å²) in [6, 6.07) is 5.24. The topological polar surface area (TPSA) is 124 Å². The monoisotopic (exact) mass is 485 g/mol. The number of nitrogens with zero attached hydrogens (tertiary/aromatic N) is 2. The van der Waals surface area contributed by atoms with Crippen molar-refractivity contribution in [2.45, 2.75) is 36.6 Å². The molecule has 2 atom stereocenters. The first-order valence-electron chi connectivity index (χ1n) is 9.66. The third-order valence-corrected chi connectivity index (χ3v) is 6.14. The normalized spacial score (nSPS) is 16.8. The molecule has 176 valence electrons. The molecule has 1 aromatic carbocycles. The first-order chi connectivity index (χ1) is 15.4. The van der Waals surface area contributed by atoms with Crippen molar-refractivity contribution >= 4 is 21.7 Å². The molecule has 0 aliphatic heterocycles. The van der Waals surface area contributed by atoms with E-state index in [1.807, 2.05) is 11.4 Å². The van der Waals surface area contributed by atoms with Crippen LogP contribution in [0.15, 0.2) is 48.7 Å². The molecule has 1 unspecified atom stereocenters. The Morgan fingerprint density at radius 3 is 2.36 bits per heavy atom. The molecule has 1 fully saturated rings. The minimum atomic E-state index is -4.94. The van der Waals surface area contributed by atoms with E-state index >= 15 is 0 Å². The number of nitriles is 1. The van der Waals surface area contributed by atoms with Gasteiger partial charge in [-0.3, -0.25) is 14.8 Å². The van der Waals surface area contributed by atoms with Gasteiger partial charge in [-0.25, -0.2) is 17.8 Å². The van der Waals surface area contributed by atoms with E-state index in [4.69, 9.17) is 0 Å². The molecule has 3 rings (SSSR count). The van der Waals surface area contributed by atoms with Crippen molar-refractivity contribution in [2.24, 2.45) is 0 Å². The van der Waals surface area contributed by atoms with Crippen molar-refractivity contribution in [3.05, 3.63) is 60.0 Å². The maximum atomic E-state index is 13.8. The summed E-state index contributed by atoms with van der Waals surface area (Å²) in [5.74, 6) is -3.01. The first kappa shape index (κ1) is 24.4. The molecule has 1 amide bonds. The van der Waals surface area contributed by atoms with Crippen LogP contribution < -0.4 is 15.4 Å². The van der Waals surface area contributed by atoms with Gasteiger partial charge in [-0.05, 0) is 42.7 Å². The van der Waals surface area contributed by atoms with Crippen molar-refractivity contribution in [1.82, 2.24) is 15.6 Å². The fourth-order valence-electron chi connectivity index (χ4n) is 2.99. The van der Waals surface area contributed by atoms with E-state index in [0.29, 0.717) is 12.8 Å². The molecule has 1 aliphatic carbocycles. The van der Waals surface area contributed by atoms with Crippen molar-refractivity contribution in [3.63, 3.8) is 0 Å². The second kappa shape index (κ2) is 9.32. The molecule has 33 heavy (non-hydrogen) atoms. The number of carbonyl (C=O) groups excluding carboxylic acids is 1. The summed E-state index contributed by atoms with van der Waals surface area (Å²) in [5, 5.41) is 13.6. The van der Waals surface area contributed by atoms with Crippen LogP contribution in [0.2, 0.25) is 0 Å². The average molecular weight is 485 g/mol. The number of amides is 1. The average Bonchev–Trinajstić information content (AvgIpc) is 3.51. The van der Waals surface area contributed by atoms with Crippen molar-refractivity contribution in [2.75, 3.05) is 10.5 Å². The number of alkyl halides is 3. The lowest BCUT2D eigenvalue weighted by Gasteiger charge is -2.28. The van der Waals surface area contributed by atoms with Gasteiger partial charge in [0.15, 0.2) is 0 Å². The highest BCUT2D eigenvalue weighted by Gasteiger charge is 2.48. The predicted octanol–water partition coefficient (Wildman–Crippen LogP) is 2.40. The summed E-state index contributed by atoms with van der Waals surface area (Å²) in [7, 11) is -4.35.